The van der Waals surface area contributed by atoms with Gasteiger partial charge in [-0.25, -0.2) is 14.0 Å². The van der Waals surface area contributed by atoms with E-state index in [0.717, 1.165) is 10.8 Å². The Morgan fingerprint density at radius 1 is 1.55 bits per heavy atom. The lowest BCUT2D eigenvalue weighted by molar-refractivity contribution is -0.157. The van der Waals surface area contributed by atoms with Crippen LogP contribution in [0.5, 0.6) is 0 Å². The second kappa shape index (κ2) is 6.65. The summed E-state index contributed by atoms with van der Waals surface area (Å²) < 4.78 is 25.0. The van der Waals surface area contributed by atoms with E-state index in [4.69, 9.17) is 9.47 Å². The molecule has 2 rings (SSSR count). The Balaban J connectivity index is 2.17. The fourth-order valence-corrected chi connectivity index (χ4v) is 2.14. The predicted octanol–water partition coefficient (Wildman–Crippen LogP) is 0.581. The fourth-order valence-electron chi connectivity index (χ4n) is 2.14. The number of rotatable bonds is 4. The molecule has 1 amide bonds. The molecule has 1 saturated heterocycles. The summed E-state index contributed by atoms with van der Waals surface area (Å²) in [6, 6.07) is 0. The molecule has 1 aromatic rings. The van der Waals surface area contributed by atoms with Crippen LogP contribution in [0.4, 0.5) is 10.2 Å². The highest BCUT2D eigenvalue weighted by atomic mass is 19.1. The van der Waals surface area contributed by atoms with Gasteiger partial charge in [-0.2, -0.15) is 4.98 Å². The van der Waals surface area contributed by atoms with Gasteiger partial charge >= 0.3 is 11.7 Å². The van der Waals surface area contributed by atoms with Crippen molar-refractivity contribution in [3.05, 3.63) is 22.5 Å². The maximum absolute atomic E-state index is 13.8. The standard InChI is InChI=1S/C13H16FN3O5/c1-3-21-12(19)9-4-5-10(22-9)17-6-8(14)11(15-7(2)18)16-13(17)20/h6,9-10H,3-5H2,1-2H3,(H,15,16,18,20)/t9-,10-/m1/s1. The number of esters is 1. The zero-order valence-corrected chi connectivity index (χ0v) is 12.2. The number of carbonyl (C=O) groups excluding carboxylic acids is 2. The highest BCUT2D eigenvalue weighted by Crippen LogP contribution is 2.28. The molecule has 1 aromatic heterocycles. The molecule has 0 aliphatic carbocycles. The van der Waals surface area contributed by atoms with E-state index >= 15 is 0 Å². The van der Waals surface area contributed by atoms with Crippen LogP contribution in [0, 0.1) is 5.82 Å². The number of amides is 1. The molecular formula is C13H16FN3O5. The van der Waals surface area contributed by atoms with Crippen LogP contribution < -0.4 is 11.0 Å². The zero-order chi connectivity index (χ0) is 16.3. The Kier molecular flexibility index (Phi) is 4.86. The number of hydrogen-bond donors (Lipinski definition) is 1. The molecule has 0 saturated carbocycles. The van der Waals surface area contributed by atoms with E-state index in [1.807, 2.05) is 0 Å². The molecule has 0 aromatic carbocycles. The summed E-state index contributed by atoms with van der Waals surface area (Å²) >= 11 is 0. The van der Waals surface area contributed by atoms with E-state index in [-0.39, 0.29) is 6.61 Å². The molecule has 0 spiro atoms. The van der Waals surface area contributed by atoms with Gasteiger partial charge in [0, 0.05) is 6.92 Å². The van der Waals surface area contributed by atoms with E-state index in [9.17, 15) is 18.8 Å². The molecule has 1 N–H and O–H groups in total. The van der Waals surface area contributed by atoms with E-state index in [1.165, 1.54) is 6.92 Å². The molecular weight excluding hydrogens is 297 g/mol. The molecule has 2 heterocycles. The predicted molar refractivity (Wildman–Crippen MR) is 72.5 cm³/mol. The largest absolute Gasteiger partial charge is 0.464 e. The Hall–Kier alpha value is -2.29. The summed E-state index contributed by atoms with van der Waals surface area (Å²) in [5, 5.41) is 2.12. The van der Waals surface area contributed by atoms with Crippen LogP contribution in [0.3, 0.4) is 0 Å². The normalized spacial score (nSPS) is 20.7. The fraction of sp³-hybridized carbons (Fsp3) is 0.538. The van der Waals surface area contributed by atoms with E-state index in [2.05, 4.69) is 10.3 Å². The van der Waals surface area contributed by atoms with Gasteiger partial charge in [-0.1, -0.05) is 0 Å². The molecule has 1 aliphatic rings. The third-order valence-electron chi connectivity index (χ3n) is 3.06. The second-order valence-corrected chi connectivity index (χ2v) is 4.72. The smallest absolute Gasteiger partial charge is 0.351 e. The molecule has 1 aliphatic heterocycles. The summed E-state index contributed by atoms with van der Waals surface area (Å²) in [5.41, 5.74) is -0.778. The minimum absolute atomic E-state index is 0.227. The van der Waals surface area contributed by atoms with Gasteiger partial charge in [0.2, 0.25) is 5.91 Å². The maximum Gasteiger partial charge on any atom is 0.351 e. The van der Waals surface area contributed by atoms with Gasteiger partial charge in [0.05, 0.1) is 12.8 Å². The Morgan fingerprint density at radius 3 is 2.91 bits per heavy atom. The van der Waals surface area contributed by atoms with E-state index in [1.54, 1.807) is 6.92 Å². The number of halogens is 1. The molecule has 1 fully saturated rings. The molecule has 22 heavy (non-hydrogen) atoms. The summed E-state index contributed by atoms with van der Waals surface area (Å²) in [6.07, 6.45) is 0.0404. The van der Waals surface area contributed by atoms with Gasteiger partial charge in [0.1, 0.15) is 6.23 Å². The third-order valence-corrected chi connectivity index (χ3v) is 3.06. The van der Waals surface area contributed by atoms with E-state index < -0.39 is 41.5 Å². The minimum Gasteiger partial charge on any atom is -0.464 e. The topological polar surface area (TPSA) is 99.5 Å². The van der Waals surface area contributed by atoms with Crippen LogP contribution in [0.1, 0.15) is 32.9 Å². The molecule has 0 radical (unpaired) electrons. The Bertz CT molecular complexity index is 645. The van der Waals surface area contributed by atoms with Crippen molar-refractivity contribution in [1.82, 2.24) is 9.55 Å². The van der Waals surface area contributed by atoms with Gasteiger partial charge in [-0.3, -0.25) is 9.36 Å². The first kappa shape index (κ1) is 16.1. The number of ether oxygens (including phenoxy) is 2. The van der Waals surface area contributed by atoms with Crippen LogP contribution in [0.2, 0.25) is 0 Å². The van der Waals surface area contributed by atoms with Crippen LogP contribution in [0.25, 0.3) is 0 Å². The first-order chi connectivity index (χ1) is 10.4. The number of nitrogens with zero attached hydrogens (tertiary/aromatic N) is 2. The summed E-state index contributed by atoms with van der Waals surface area (Å²) in [5.74, 6) is -2.35. The van der Waals surface area contributed by atoms with Crippen molar-refractivity contribution in [2.24, 2.45) is 0 Å². The lowest BCUT2D eigenvalue weighted by Gasteiger charge is -2.15. The first-order valence-electron chi connectivity index (χ1n) is 6.80. The Labute approximate surface area is 125 Å². The van der Waals surface area contributed by atoms with Crippen molar-refractivity contribution in [1.29, 1.82) is 0 Å². The quantitative estimate of drug-likeness (QED) is 0.816. The van der Waals surface area contributed by atoms with Crippen LogP contribution in [-0.2, 0) is 19.1 Å². The van der Waals surface area contributed by atoms with Crippen molar-refractivity contribution >= 4 is 17.7 Å². The molecule has 120 valence electrons. The van der Waals surface area contributed by atoms with Gasteiger partial charge in [0.15, 0.2) is 17.7 Å². The van der Waals surface area contributed by atoms with Crippen molar-refractivity contribution in [2.45, 2.75) is 39.0 Å². The monoisotopic (exact) mass is 313 g/mol. The van der Waals surface area contributed by atoms with Gasteiger partial charge in [0.25, 0.3) is 0 Å². The van der Waals surface area contributed by atoms with E-state index in [0.29, 0.717) is 12.8 Å². The first-order valence-corrected chi connectivity index (χ1v) is 6.80. The van der Waals surface area contributed by atoms with Gasteiger partial charge in [-0.05, 0) is 19.8 Å². The number of aromatic nitrogens is 2. The lowest BCUT2D eigenvalue weighted by atomic mass is 10.2. The van der Waals surface area contributed by atoms with Crippen LogP contribution in [0.15, 0.2) is 11.0 Å². The van der Waals surface area contributed by atoms with Crippen molar-refractivity contribution in [2.75, 3.05) is 11.9 Å². The minimum atomic E-state index is -0.863. The van der Waals surface area contributed by atoms with Crippen LogP contribution >= 0.6 is 0 Å². The number of anilines is 1. The third kappa shape index (κ3) is 3.48. The molecule has 0 unspecified atom stereocenters. The summed E-state index contributed by atoms with van der Waals surface area (Å²) in [6.45, 7) is 3.08. The Morgan fingerprint density at radius 2 is 2.27 bits per heavy atom. The average Bonchev–Trinajstić information content (AvgIpc) is 2.92. The molecule has 2 atom stereocenters. The zero-order valence-electron chi connectivity index (χ0n) is 12.2. The SMILES string of the molecule is CCOC(=O)[C@H]1CC[C@H](n2cc(F)c(NC(C)=O)nc2=O)O1. The van der Waals surface area contributed by atoms with Crippen molar-refractivity contribution in [3.8, 4) is 0 Å². The maximum atomic E-state index is 13.8. The lowest BCUT2D eigenvalue weighted by Crippen LogP contribution is -2.30. The highest BCUT2D eigenvalue weighted by Gasteiger charge is 2.33. The number of hydrogen-bond acceptors (Lipinski definition) is 6. The van der Waals surface area contributed by atoms with Gasteiger partial charge in [-0.15, -0.1) is 0 Å². The summed E-state index contributed by atoms with van der Waals surface area (Å²) in [7, 11) is 0. The van der Waals surface area contributed by atoms with Crippen molar-refractivity contribution < 1.29 is 23.5 Å². The highest BCUT2D eigenvalue weighted by molar-refractivity contribution is 5.87. The average molecular weight is 313 g/mol. The van der Waals surface area contributed by atoms with Crippen LogP contribution in [-0.4, -0.2) is 34.1 Å². The summed E-state index contributed by atoms with van der Waals surface area (Å²) in [4.78, 5) is 37.8. The van der Waals surface area contributed by atoms with Gasteiger partial charge < -0.3 is 14.8 Å². The number of carbonyl (C=O) groups is 2. The number of nitrogens with one attached hydrogen (secondary N) is 1. The second-order valence-electron chi connectivity index (χ2n) is 4.72. The molecule has 0 bridgehead atoms. The van der Waals surface area contributed by atoms with Crippen molar-refractivity contribution in [3.63, 3.8) is 0 Å². The molecule has 9 heteroatoms. The molecule has 8 nitrogen and oxygen atoms in total.